The molecule has 0 radical (unpaired) electrons. The lowest BCUT2D eigenvalue weighted by atomic mass is 10.3. The molecule has 1 aliphatic heterocycles. The van der Waals surface area contributed by atoms with E-state index >= 15 is 0 Å². The minimum absolute atomic E-state index is 0.0592. The molecule has 2 rings (SSSR count). The van der Waals surface area contributed by atoms with Crippen LogP contribution in [0.2, 0.25) is 4.34 Å². The van der Waals surface area contributed by atoms with E-state index in [2.05, 4.69) is 5.32 Å². The van der Waals surface area contributed by atoms with Crippen molar-refractivity contribution in [2.45, 2.75) is 12.8 Å². The molecule has 1 aromatic rings. The van der Waals surface area contributed by atoms with Crippen LogP contribution in [-0.2, 0) is 6.42 Å². The first-order valence-corrected chi connectivity index (χ1v) is 6.22. The van der Waals surface area contributed by atoms with Gasteiger partial charge in [-0.3, -0.25) is 0 Å². The summed E-state index contributed by atoms with van der Waals surface area (Å²) in [5.74, 6) is 0. The molecule has 0 spiro atoms. The van der Waals surface area contributed by atoms with Crippen molar-refractivity contribution in [2.75, 3.05) is 19.6 Å². The molecule has 0 atom stereocenters. The molecule has 3 nitrogen and oxygen atoms in total. The maximum atomic E-state index is 11.4. The summed E-state index contributed by atoms with van der Waals surface area (Å²) in [5.41, 5.74) is 0. The molecule has 1 aromatic heterocycles. The van der Waals surface area contributed by atoms with Crippen LogP contribution in [0.4, 0.5) is 4.79 Å². The molecule has 1 N–H and O–H groups in total. The molecule has 0 unspecified atom stereocenters. The van der Waals surface area contributed by atoms with Crippen LogP contribution in [0.5, 0.6) is 0 Å². The van der Waals surface area contributed by atoms with Gasteiger partial charge in [0.05, 0.1) is 4.34 Å². The second-order valence-corrected chi connectivity index (χ2v) is 5.33. The fourth-order valence-corrected chi connectivity index (χ4v) is 2.70. The number of carbonyl (C=O) groups is 1. The second-order valence-electron chi connectivity index (χ2n) is 3.53. The molecule has 1 saturated heterocycles. The summed E-state index contributed by atoms with van der Waals surface area (Å²) in [4.78, 5) is 14.5. The summed E-state index contributed by atoms with van der Waals surface area (Å²) in [6.45, 7) is 2.45. The van der Waals surface area contributed by atoms with Crippen LogP contribution >= 0.6 is 22.9 Å². The zero-order valence-corrected chi connectivity index (χ0v) is 9.90. The lowest BCUT2D eigenvalue weighted by Crippen LogP contribution is -2.47. The molecule has 2 amide bonds. The van der Waals surface area contributed by atoms with Gasteiger partial charge in [-0.1, -0.05) is 11.6 Å². The van der Waals surface area contributed by atoms with Gasteiger partial charge in [-0.05, 0) is 25.0 Å². The van der Waals surface area contributed by atoms with Crippen molar-refractivity contribution < 1.29 is 4.79 Å². The van der Waals surface area contributed by atoms with E-state index in [1.54, 1.807) is 11.3 Å². The molecule has 0 bridgehead atoms. The Morgan fingerprint density at radius 1 is 1.53 bits per heavy atom. The summed E-state index contributed by atoms with van der Waals surface area (Å²) in [5, 5.41) is 2.84. The van der Waals surface area contributed by atoms with E-state index < -0.39 is 0 Å². The van der Waals surface area contributed by atoms with Gasteiger partial charge in [-0.15, -0.1) is 11.3 Å². The van der Waals surface area contributed by atoms with Crippen LogP contribution in [0.3, 0.4) is 0 Å². The van der Waals surface area contributed by atoms with Gasteiger partial charge >= 0.3 is 6.03 Å². The normalized spacial score (nSPS) is 16.6. The van der Waals surface area contributed by atoms with E-state index in [1.807, 2.05) is 17.0 Å². The Hall–Kier alpha value is -0.740. The minimum atomic E-state index is 0.0592. The van der Waals surface area contributed by atoms with Gasteiger partial charge in [0.15, 0.2) is 0 Å². The van der Waals surface area contributed by atoms with E-state index in [1.165, 1.54) is 4.88 Å². The predicted octanol–water partition coefficient (Wildman–Crippen LogP) is 2.36. The molecule has 15 heavy (non-hydrogen) atoms. The largest absolute Gasteiger partial charge is 0.338 e. The van der Waals surface area contributed by atoms with E-state index in [9.17, 15) is 4.79 Å². The number of thiophene rings is 1. The maximum absolute atomic E-state index is 11.4. The smallest absolute Gasteiger partial charge is 0.317 e. The zero-order valence-electron chi connectivity index (χ0n) is 8.33. The standard InChI is InChI=1S/C10H13ClN2OS/c11-9-3-2-8(15-9)4-7-13-6-1-5-12-10(13)14/h2-3H,1,4-7H2,(H,12,14). The Kier molecular flexibility index (Phi) is 3.49. The third kappa shape index (κ3) is 2.86. The first-order chi connectivity index (χ1) is 7.25. The molecule has 0 saturated carbocycles. The summed E-state index contributed by atoms with van der Waals surface area (Å²) in [6.07, 6.45) is 1.93. The molecular weight excluding hydrogens is 232 g/mol. The number of carbonyl (C=O) groups excluding carboxylic acids is 1. The van der Waals surface area contributed by atoms with Gasteiger partial charge in [-0.25, -0.2) is 4.79 Å². The third-order valence-electron chi connectivity index (χ3n) is 2.43. The second kappa shape index (κ2) is 4.86. The van der Waals surface area contributed by atoms with E-state index in [-0.39, 0.29) is 6.03 Å². The lowest BCUT2D eigenvalue weighted by Gasteiger charge is -2.27. The molecule has 0 aromatic carbocycles. The molecule has 1 fully saturated rings. The Morgan fingerprint density at radius 3 is 3.07 bits per heavy atom. The summed E-state index contributed by atoms with van der Waals surface area (Å²) in [6, 6.07) is 3.98. The number of nitrogens with zero attached hydrogens (tertiary/aromatic N) is 1. The predicted molar refractivity (Wildman–Crippen MR) is 62.6 cm³/mol. The summed E-state index contributed by atoms with van der Waals surface area (Å²) < 4.78 is 0.813. The Balaban J connectivity index is 1.84. The number of rotatable bonds is 3. The third-order valence-corrected chi connectivity index (χ3v) is 3.72. The highest BCUT2D eigenvalue weighted by Gasteiger charge is 2.16. The summed E-state index contributed by atoms with van der Waals surface area (Å²) >= 11 is 7.42. The Bertz CT molecular complexity index is 353. The van der Waals surface area contributed by atoms with Gasteiger partial charge in [0.2, 0.25) is 0 Å². The highest BCUT2D eigenvalue weighted by Crippen LogP contribution is 2.21. The van der Waals surface area contributed by atoms with Crippen molar-refractivity contribution in [3.05, 3.63) is 21.3 Å². The van der Waals surface area contributed by atoms with Crippen molar-refractivity contribution in [3.8, 4) is 0 Å². The number of halogens is 1. The monoisotopic (exact) mass is 244 g/mol. The van der Waals surface area contributed by atoms with Crippen LogP contribution < -0.4 is 5.32 Å². The van der Waals surface area contributed by atoms with Crippen LogP contribution in [0, 0.1) is 0 Å². The molecule has 0 aliphatic carbocycles. The topological polar surface area (TPSA) is 32.3 Å². The van der Waals surface area contributed by atoms with Crippen molar-refractivity contribution in [1.82, 2.24) is 10.2 Å². The number of nitrogens with one attached hydrogen (secondary N) is 1. The van der Waals surface area contributed by atoms with E-state index in [0.717, 1.165) is 36.8 Å². The SMILES string of the molecule is O=C1NCCCN1CCc1ccc(Cl)s1. The van der Waals surface area contributed by atoms with Gasteiger partial charge in [0.1, 0.15) is 0 Å². The van der Waals surface area contributed by atoms with Gasteiger partial charge in [0.25, 0.3) is 0 Å². The van der Waals surface area contributed by atoms with E-state index in [4.69, 9.17) is 11.6 Å². The molecule has 2 heterocycles. The first-order valence-electron chi connectivity index (χ1n) is 5.03. The fraction of sp³-hybridized carbons (Fsp3) is 0.500. The van der Waals surface area contributed by atoms with Crippen LogP contribution in [-0.4, -0.2) is 30.6 Å². The number of hydrogen-bond donors (Lipinski definition) is 1. The molecular formula is C10H13ClN2OS. The van der Waals surface area contributed by atoms with Crippen LogP contribution in [0.1, 0.15) is 11.3 Å². The molecule has 82 valence electrons. The highest BCUT2D eigenvalue weighted by molar-refractivity contribution is 7.16. The molecule has 1 aliphatic rings. The van der Waals surface area contributed by atoms with E-state index in [0.29, 0.717) is 0 Å². The van der Waals surface area contributed by atoms with Gasteiger partial charge in [-0.2, -0.15) is 0 Å². The van der Waals surface area contributed by atoms with Crippen LogP contribution in [0.15, 0.2) is 12.1 Å². The fourth-order valence-electron chi connectivity index (χ4n) is 1.62. The average Bonchev–Trinajstić information content (AvgIpc) is 2.63. The quantitative estimate of drug-likeness (QED) is 0.870. The Labute approximate surface area is 98.0 Å². The molecule has 5 heteroatoms. The minimum Gasteiger partial charge on any atom is -0.338 e. The van der Waals surface area contributed by atoms with Crippen LogP contribution in [0.25, 0.3) is 0 Å². The van der Waals surface area contributed by atoms with Gasteiger partial charge in [0, 0.05) is 24.5 Å². The number of hydrogen-bond acceptors (Lipinski definition) is 2. The van der Waals surface area contributed by atoms with Crippen molar-refractivity contribution in [2.24, 2.45) is 0 Å². The number of amides is 2. The highest BCUT2D eigenvalue weighted by atomic mass is 35.5. The maximum Gasteiger partial charge on any atom is 0.317 e. The number of urea groups is 1. The Morgan fingerprint density at radius 2 is 2.40 bits per heavy atom. The first kappa shape index (κ1) is 10.8. The summed E-state index contributed by atoms with van der Waals surface area (Å²) in [7, 11) is 0. The van der Waals surface area contributed by atoms with Crippen molar-refractivity contribution in [1.29, 1.82) is 0 Å². The van der Waals surface area contributed by atoms with Gasteiger partial charge < -0.3 is 10.2 Å². The average molecular weight is 245 g/mol. The van der Waals surface area contributed by atoms with Crippen molar-refractivity contribution in [3.63, 3.8) is 0 Å². The lowest BCUT2D eigenvalue weighted by molar-refractivity contribution is 0.187. The van der Waals surface area contributed by atoms with Crippen molar-refractivity contribution >= 4 is 29.0 Å². The zero-order chi connectivity index (χ0) is 10.7.